The van der Waals surface area contributed by atoms with Crippen molar-refractivity contribution >= 4 is 45.3 Å². The first kappa shape index (κ1) is 17.2. The molecule has 0 radical (unpaired) electrons. The van der Waals surface area contributed by atoms with Crippen molar-refractivity contribution in [3.63, 3.8) is 0 Å². The number of hydrogen-bond donors (Lipinski definition) is 1. The summed E-state index contributed by atoms with van der Waals surface area (Å²) in [7, 11) is 0. The molecule has 0 atom stereocenters. The molecule has 1 saturated heterocycles. The molecule has 1 aliphatic heterocycles. The molecule has 0 saturated carbocycles. The molecule has 1 fully saturated rings. The number of nitrogens with zero attached hydrogens (tertiary/aromatic N) is 3. The lowest BCUT2D eigenvalue weighted by Crippen LogP contribution is -2.30. The van der Waals surface area contributed by atoms with Gasteiger partial charge in [-0.1, -0.05) is 12.1 Å². The quantitative estimate of drug-likeness (QED) is 0.603. The molecule has 1 amide bonds. The Morgan fingerprint density at radius 3 is 2.46 bits per heavy atom. The number of piperidine rings is 1. The third kappa shape index (κ3) is 3.38. The highest BCUT2D eigenvalue weighted by molar-refractivity contribution is 14.1. The molecule has 1 aromatic heterocycles. The Kier molecular flexibility index (Phi) is 4.76. The van der Waals surface area contributed by atoms with Crippen LogP contribution in [0.1, 0.15) is 29.6 Å². The van der Waals surface area contributed by atoms with Gasteiger partial charge in [0.05, 0.1) is 22.8 Å². The van der Waals surface area contributed by atoms with Crippen molar-refractivity contribution < 1.29 is 4.79 Å². The summed E-state index contributed by atoms with van der Waals surface area (Å²) in [5.41, 5.74) is 9.80. The molecule has 0 spiro atoms. The predicted molar refractivity (Wildman–Crippen MR) is 112 cm³/mol. The number of amides is 1. The van der Waals surface area contributed by atoms with Gasteiger partial charge in [0.15, 0.2) is 0 Å². The summed E-state index contributed by atoms with van der Waals surface area (Å²) in [6.07, 6.45) is 5.59. The van der Waals surface area contributed by atoms with Gasteiger partial charge in [0, 0.05) is 16.7 Å². The third-order valence-electron chi connectivity index (χ3n) is 4.78. The molecule has 0 aliphatic carbocycles. The largest absolute Gasteiger partial charge is 0.366 e. The van der Waals surface area contributed by atoms with Crippen LogP contribution in [0.15, 0.2) is 42.6 Å². The molecule has 2 aromatic carbocycles. The molecule has 2 N–H and O–H groups in total. The van der Waals surface area contributed by atoms with E-state index in [-0.39, 0.29) is 0 Å². The van der Waals surface area contributed by atoms with Crippen LogP contribution in [-0.2, 0) is 0 Å². The van der Waals surface area contributed by atoms with Crippen LogP contribution in [0.25, 0.3) is 22.2 Å². The van der Waals surface area contributed by atoms with E-state index in [0.717, 1.165) is 44.6 Å². The second-order valence-corrected chi connectivity index (χ2v) is 7.70. The van der Waals surface area contributed by atoms with Crippen molar-refractivity contribution in [3.8, 4) is 11.1 Å². The van der Waals surface area contributed by atoms with Gasteiger partial charge >= 0.3 is 0 Å². The Bertz CT molecular complexity index is 983. The number of carbonyl (C=O) groups excluding carboxylic acids is 1. The van der Waals surface area contributed by atoms with Gasteiger partial charge in [-0.15, -0.1) is 0 Å². The zero-order valence-corrected chi connectivity index (χ0v) is 16.4. The van der Waals surface area contributed by atoms with E-state index in [1.165, 1.54) is 19.3 Å². The first-order valence-electron chi connectivity index (χ1n) is 8.73. The van der Waals surface area contributed by atoms with E-state index in [1.807, 2.05) is 30.5 Å². The Morgan fingerprint density at radius 2 is 1.73 bits per heavy atom. The summed E-state index contributed by atoms with van der Waals surface area (Å²) >= 11 is 2.15. The number of aromatic nitrogens is 2. The summed E-state index contributed by atoms with van der Waals surface area (Å²) in [6.45, 7) is 2.10. The van der Waals surface area contributed by atoms with E-state index in [2.05, 4.69) is 38.5 Å². The number of benzene rings is 2. The van der Waals surface area contributed by atoms with Crippen LogP contribution in [0, 0.1) is 3.57 Å². The zero-order chi connectivity index (χ0) is 18.1. The van der Waals surface area contributed by atoms with E-state index >= 15 is 0 Å². The number of nitrogens with two attached hydrogens (primary N) is 1. The second kappa shape index (κ2) is 7.19. The minimum Gasteiger partial charge on any atom is -0.366 e. The number of rotatable bonds is 3. The van der Waals surface area contributed by atoms with Gasteiger partial charge in [-0.05, 0) is 77.2 Å². The highest BCUT2D eigenvalue weighted by Gasteiger charge is 2.14. The van der Waals surface area contributed by atoms with E-state index in [1.54, 1.807) is 6.07 Å². The summed E-state index contributed by atoms with van der Waals surface area (Å²) in [4.78, 5) is 23.2. The monoisotopic (exact) mass is 458 g/mol. The Labute approximate surface area is 165 Å². The lowest BCUT2D eigenvalue weighted by Gasteiger charge is -2.27. The maximum atomic E-state index is 11.4. The van der Waals surface area contributed by atoms with Gasteiger partial charge in [-0.25, -0.2) is 4.98 Å². The molecule has 1 aliphatic rings. The SMILES string of the molecule is NC(=O)c1ccc(-c2ccc3ncc(N4CCCCC4)nc3c2)cc1I. The summed E-state index contributed by atoms with van der Waals surface area (Å²) in [6, 6.07) is 11.8. The van der Waals surface area contributed by atoms with Crippen LogP contribution in [0.4, 0.5) is 5.82 Å². The Balaban J connectivity index is 1.72. The summed E-state index contributed by atoms with van der Waals surface area (Å²) in [5, 5.41) is 0. The van der Waals surface area contributed by atoms with Crippen LogP contribution in [0.5, 0.6) is 0 Å². The van der Waals surface area contributed by atoms with Gasteiger partial charge in [0.25, 0.3) is 0 Å². The Morgan fingerprint density at radius 1 is 1.00 bits per heavy atom. The molecule has 6 heteroatoms. The topological polar surface area (TPSA) is 72.1 Å². The normalized spacial score (nSPS) is 14.6. The fourth-order valence-corrected chi connectivity index (χ4v) is 4.13. The molecular weight excluding hydrogens is 439 g/mol. The fourth-order valence-electron chi connectivity index (χ4n) is 3.35. The van der Waals surface area contributed by atoms with E-state index in [0.29, 0.717) is 5.56 Å². The lowest BCUT2D eigenvalue weighted by atomic mass is 10.0. The molecule has 3 aromatic rings. The third-order valence-corrected chi connectivity index (χ3v) is 5.67. The van der Waals surface area contributed by atoms with Crippen molar-refractivity contribution in [2.75, 3.05) is 18.0 Å². The minimum absolute atomic E-state index is 0.406. The zero-order valence-electron chi connectivity index (χ0n) is 14.3. The van der Waals surface area contributed by atoms with E-state index in [4.69, 9.17) is 10.7 Å². The average molecular weight is 458 g/mol. The fraction of sp³-hybridized carbons (Fsp3) is 0.250. The number of fused-ring (bicyclic) bond motifs is 1. The van der Waals surface area contributed by atoms with Crippen LogP contribution in [-0.4, -0.2) is 29.0 Å². The second-order valence-electron chi connectivity index (χ2n) is 6.54. The highest BCUT2D eigenvalue weighted by atomic mass is 127. The van der Waals surface area contributed by atoms with Crippen LogP contribution in [0.2, 0.25) is 0 Å². The van der Waals surface area contributed by atoms with Gasteiger partial charge in [-0.2, -0.15) is 0 Å². The molecule has 132 valence electrons. The number of primary amides is 1. The predicted octanol–water partition coefficient (Wildman–Crippen LogP) is 3.99. The van der Waals surface area contributed by atoms with Gasteiger partial charge < -0.3 is 10.6 Å². The van der Waals surface area contributed by atoms with Crippen molar-refractivity contribution in [2.45, 2.75) is 19.3 Å². The number of halogens is 1. The molecule has 26 heavy (non-hydrogen) atoms. The number of carbonyl (C=O) groups is 1. The first-order chi connectivity index (χ1) is 12.6. The van der Waals surface area contributed by atoms with E-state index < -0.39 is 5.91 Å². The molecule has 4 rings (SSSR count). The van der Waals surface area contributed by atoms with Crippen LogP contribution >= 0.6 is 22.6 Å². The first-order valence-corrected chi connectivity index (χ1v) is 9.81. The summed E-state index contributed by atoms with van der Waals surface area (Å²) < 4.78 is 0.848. The molecule has 2 heterocycles. The maximum Gasteiger partial charge on any atom is 0.249 e. The average Bonchev–Trinajstić information content (AvgIpc) is 2.67. The van der Waals surface area contributed by atoms with Crippen molar-refractivity contribution in [2.24, 2.45) is 5.73 Å². The van der Waals surface area contributed by atoms with Gasteiger partial charge in [-0.3, -0.25) is 9.78 Å². The van der Waals surface area contributed by atoms with Crippen molar-refractivity contribution in [3.05, 3.63) is 51.7 Å². The van der Waals surface area contributed by atoms with E-state index in [9.17, 15) is 4.79 Å². The molecular formula is C20H19IN4O. The van der Waals surface area contributed by atoms with Crippen molar-refractivity contribution in [1.82, 2.24) is 9.97 Å². The van der Waals surface area contributed by atoms with Crippen molar-refractivity contribution in [1.29, 1.82) is 0 Å². The standard InChI is InChI=1S/C20H19IN4O/c21-16-10-13(4-6-15(16)20(22)26)14-5-7-17-18(11-14)24-19(12-23-17)25-8-2-1-3-9-25/h4-7,10-12H,1-3,8-9H2,(H2,22,26). The molecule has 0 bridgehead atoms. The van der Waals surface area contributed by atoms with Crippen LogP contribution < -0.4 is 10.6 Å². The lowest BCUT2D eigenvalue weighted by molar-refractivity contribution is 0.0999. The number of anilines is 1. The Hall–Kier alpha value is -2.22. The molecule has 5 nitrogen and oxygen atoms in total. The molecule has 0 unspecified atom stereocenters. The van der Waals surface area contributed by atoms with Crippen LogP contribution in [0.3, 0.4) is 0 Å². The van der Waals surface area contributed by atoms with Gasteiger partial charge in [0.1, 0.15) is 5.82 Å². The summed E-state index contributed by atoms with van der Waals surface area (Å²) in [5.74, 6) is 0.546. The smallest absolute Gasteiger partial charge is 0.249 e. The highest BCUT2D eigenvalue weighted by Crippen LogP contribution is 2.27. The maximum absolute atomic E-state index is 11.4. The minimum atomic E-state index is -0.406. The van der Waals surface area contributed by atoms with Gasteiger partial charge in [0.2, 0.25) is 5.91 Å². The number of hydrogen-bond acceptors (Lipinski definition) is 4.